The Bertz CT molecular complexity index is 740. The van der Waals surface area contributed by atoms with E-state index in [2.05, 4.69) is 23.7 Å². The van der Waals surface area contributed by atoms with Gasteiger partial charge in [0.2, 0.25) is 0 Å². The summed E-state index contributed by atoms with van der Waals surface area (Å²) in [4.78, 5) is 19.4. The van der Waals surface area contributed by atoms with Crippen LogP contribution in [0, 0.1) is 13.8 Å². The average molecular weight is 401 g/mol. The van der Waals surface area contributed by atoms with Gasteiger partial charge in [0.05, 0.1) is 11.3 Å². The number of pyridine rings is 1. The molecule has 0 unspecified atom stereocenters. The summed E-state index contributed by atoms with van der Waals surface area (Å²) in [5.74, 6) is 2.24. The molecule has 0 saturated carbocycles. The van der Waals surface area contributed by atoms with Crippen molar-refractivity contribution in [2.45, 2.75) is 46.3 Å². The number of benzene rings is 1. The number of nitrogens with zero attached hydrogens (tertiary/aromatic N) is 2. The van der Waals surface area contributed by atoms with Crippen molar-refractivity contribution in [3.05, 3.63) is 58.9 Å². The fourth-order valence-electron chi connectivity index (χ4n) is 3.05. The van der Waals surface area contributed by atoms with Gasteiger partial charge in [0.15, 0.2) is 0 Å². The van der Waals surface area contributed by atoms with Crippen LogP contribution in [-0.2, 0) is 5.75 Å². The Morgan fingerprint density at radius 1 is 1.11 bits per heavy atom. The lowest BCUT2D eigenvalue weighted by Gasteiger charge is -2.17. The molecule has 0 N–H and O–H groups in total. The quantitative estimate of drug-likeness (QED) is 0.292. The fourth-order valence-corrected chi connectivity index (χ4v) is 3.97. The van der Waals surface area contributed by atoms with Crippen LogP contribution in [0.5, 0.6) is 5.75 Å². The molecule has 1 heterocycles. The smallest absolute Gasteiger partial charge is 0.343 e. The van der Waals surface area contributed by atoms with Gasteiger partial charge in [-0.15, -0.1) is 0 Å². The van der Waals surface area contributed by atoms with E-state index in [4.69, 9.17) is 4.74 Å². The van der Waals surface area contributed by atoms with E-state index in [0.29, 0.717) is 11.3 Å². The maximum atomic E-state index is 12.5. The van der Waals surface area contributed by atoms with E-state index in [1.54, 1.807) is 12.3 Å². The molecule has 5 heteroatoms. The maximum absolute atomic E-state index is 12.5. The van der Waals surface area contributed by atoms with Gasteiger partial charge < -0.3 is 9.64 Å². The third-order valence-electron chi connectivity index (χ3n) is 4.81. The molecule has 0 aliphatic rings. The highest BCUT2D eigenvalue weighted by Gasteiger charge is 2.13. The number of carbonyl (C=O) groups is 1. The first-order valence-corrected chi connectivity index (χ1v) is 11.2. The van der Waals surface area contributed by atoms with Gasteiger partial charge in [-0.1, -0.05) is 32.0 Å². The third kappa shape index (κ3) is 6.95. The van der Waals surface area contributed by atoms with Crippen LogP contribution in [-0.4, -0.2) is 41.2 Å². The monoisotopic (exact) mass is 400 g/mol. The first kappa shape index (κ1) is 22.4. The van der Waals surface area contributed by atoms with Crippen molar-refractivity contribution >= 4 is 17.7 Å². The second kappa shape index (κ2) is 11.9. The number of aromatic nitrogens is 1. The molecular weight excluding hydrogens is 368 g/mol. The van der Waals surface area contributed by atoms with E-state index in [0.717, 1.165) is 41.4 Å². The van der Waals surface area contributed by atoms with Gasteiger partial charge in [-0.05, 0) is 75.3 Å². The predicted molar refractivity (Wildman–Crippen MR) is 118 cm³/mol. The van der Waals surface area contributed by atoms with E-state index >= 15 is 0 Å². The van der Waals surface area contributed by atoms with E-state index in [1.807, 2.05) is 49.9 Å². The standard InChI is InChI=1S/C23H32N2O2S/c1-5-25(6-2)14-7-8-15-28-17-21-16-20(12-13-24-21)23(26)27-22-18(3)10-9-11-19(22)4/h9-13,16H,5-8,14-15,17H2,1-4H3. The maximum Gasteiger partial charge on any atom is 0.343 e. The van der Waals surface area contributed by atoms with E-state index in [1.165, 1.54) is 19.4 Å². The van der Waals surface area contributed by atoms with Gasteiger partial charge >= 0.3 is 5.97 Å². The molecule has 0 aliphatic heterocycles. The highest BCUT2D eigenvalue weighted by atomic mass is 32.2. The van der Waals surface area contributed by atoms with Crippen molar-refractivity contribution in [3.8, 4) is 5.75 Å². The molecule has 2 rings (SSSR count). The number of carbonyl (C=O) groups excluding carboxylic acids is 1. The topological polar surface area (TPSA) is 42.4 Å². The Morgan fingerprint density at radius 3 is 2.50 bits per heavy atom. The largest absolute Gasteiger partial charge is 0.422 e. The van der Waals surface area contributed by atoms with Gasteiger partial charge in [-0.3, -0.25) is 4.98 Å². The summed E-state index contributed by atoms with van der Waals surface area (Å²) in [6.07, 6.45) is 4.12. The van der Waals surface area contributed by atoms with Crippen LogP contribution < -0.4 is 4.74 Å². The molecule has 0 bridgehead atoms. The third-order valence-corrected chi connectivity index (χ3v) is 5.89. The normalized spacial score (nSPS) is 11.0. The molecule has 0 spiro atoms. The van der Waals surface area contributed by atoms with Gasteiger partial charge in [0.1, 0.15) is 5.75 Å². The number of hydrogen-bond acceptors (Lipinski definition) is 5. The number of esters is 1. The van der Waals surface area contributed by atoms with E-state index in [9.17, 15) is 4.79 Å². The summed E-state index contributed by atoms with van der Waals surface area (Å²) in [5, 5.41) is 0. The second-order valence-corrected chi connectivity index (χ2v) is 8.04. The lowest BCUT2D eigenvalue weighted by molar-refractivity contribution is 0.0732. The Hall–Kier alpha value is -1.85. The Balaban J connectivity index is 1.82. The van der Waals surface area contributed by atoms with Crippen LogP contribution in [0.1, 0.15) is 53.9 Å². The number of rotatable bonds is 11. The Morgan fingerprint density at radius 2 is 1.82 bits per heavy atom. The number of para-hydroxylation sites is 1. The summed E-state index contributed by atoms with van der Waals surface area (Å²) in [6, 6.07) is 9.42. The van der Waals surface area contributed by atoms with Gasteiger partial charge in [0.25, 0.3) is 0 Å². The number of unbranched alkanes of at least 4 members (excludes halogenated alkanes) is 1. The zero-order chi connectivity index (χ0) is 20.4. The van der Waals surface area contributed by atoms with Gasteiger partial charge in [-0.2, -0.15) is 11.8 Å². The van der Waals surface area contributed by atoms with Crippen LogP contribution in [0.4, 0.5) is 0 Å². The molecular formula is C23H32N2O2S. The molecule has 0 aliphatic carbocycles. The first-order valence-electron chi connectivity index (χ1n) is 10.1. The Labute approximate surface area is 173 Å². The molecule has 1 aromatic heterocycles. The molecule has 1 aromatic carbocycles. The summed E-state index contributed by atoms with van der Waals surface area (Å²) in [7, 11) is 0. The zero-order valence-corrected chi connectivity index (χ0v) is 18.3. The summed E-state index contributed by atoms with van der Waals surface area (Å²) in [5.41, 5.74) is 3.39. The summed E-state index contributed by atoms with van der Waals surface area (Å²) < 4.78 is 5.64. The summed E-state index contributed by atoms with van der Waals surface area (Å²) >= 11 is 1.87. The molecule has 152 valence electrons. The minimum atomic E-state index is -0.328. The predicted octanol–water partition coefficient (Wildman–Crippen LogP) is 5.27. The molecule has 0 fully saturated rings. The molecule has 0 saturated heterocycles. The minimum Gasteiger partial charge on any atom is -0.422 e. The SMILES string of the molecule is CCN(CC)CCCCSCc1cc(C(=O)Oc2c(C)cccc2C)ccn1. The molecule has 0 amide bonds. The Kier molecular flexibility index (Phi) is 9.51. The van der Waals surface area contributed by atoms with Crippen molar-refractivity contribution < 1.29 is 9.53 Å². The highest BCUT2D eigenvalue weighted by molar-refractivity contribution is 7.98. The minimum absolute atomic E-state index is 0.328. The molecule has 28 heavy (non-hydrogen) atoms. The van der Waals surface area contributed by atoms with Gasteiger partial charge in [-0.25, -0.2) is 4.79 Å². The van der Waals surface area contributed by atoms with Gasteiger partial charge in [0, 0.05) is 11.9 Å². The van der Waals surface area contributed by atoms with Crippen molar-refractivity contribution in [2.24, 2.45) is 0 Å². The number of aryl methyl sites for hydroxylation is 2. The molecule has 2 aromatic rings. The number of ether oxygens (including phenoxy) is 1. The second-order valence-electron chi connectivity index (χ2n) is 6.93. The van der Waals surface area contributed by atoms with Crippen molar-refractivity contribution in [3.63, 3.8) is 0 Å². The zero-order valence-electron chi connectivity index (χ0n) is 17.5. The van der Waals surface area contributed by atoms with E-state index < -0.39 is 0 Å². The van der Waals surface area contributed by atoms with Crippen LogP contribution in [0.2, 0.25) is 0 Å². The highest BCUT2D eigenvalue weighted by Crippen LogP contribution is 2.23. The number of thioether (sulfide) groups is 1. The van der Waals surface area contributed by atoms with Crippen LogP contribution in [0.15, 0.2) is 36.5 Å². The molecule has 4 nitrogen and oxygen atoms in total. The van der Waals surface area contributed by atoms with Crippen molar-refractivity contribution in [2.75, 3.05) is 25.4 Å². The lowest BCUT2D eigenvalue weighted by atomic mass is 10.1. The van der Waals surface area contributed by atoms with Crippen molar-refractivity contribution in [1.82, 2.24) is 9.88 Å². The summed E-state index contributed by atoms with van der Waals surface area (Å²) in [6.45, 7) is 11.7. The molecule has 0 atom stereocenters. The fraction of sp³-hybridized carbons (Fsp3) is 0.478. The lowest BCUT2D eigenvalue weighted by Crippen LogP contribution is -2.23. The van der Waals surface area contributed by atoms with Crippen LogP contribution >= 0.6 is 11.8 Å². The number of hydrogen-bond donors (Lipinski definition) is 0. The van der Waals surface area contributed by atoms with E-state index in [-0.39, 0.29) is 5.97 Å². The first-order chi connectivity index (χ1) is 13.5. The van der Waals surface area contributed by atoms with Crippen molar-refractivity contribution in [1.29, 1.82) is 0 Å². The van der Waals surface area contributed by atoms with Crippen LogP contribution in [0.25, 0.3) is 0 Å². The van der Waals surface area contributed by atoms with Crippen LogP contribution in [0.3, 0.4) is 0 Å². The molecule has 0 radical (unpaired) electrons. The average Bonchev–Trinajstić information content (AvgIpc) is 2.70.